The normalized spacial score (nSPS) is 11.5. The Kier molecular flexibility index (Phi) is 4.98. The van der Waals surface area contributed by atoms with Crippen molar-refractivity contribution < 1.29 is 13.2 Å². The summed E-state index contributed by atoms with van der Waals surface area (Å²) in [7, 11) is -1.93. The van der Waals surface area contributed by atoms with Gasteiger partial charge in [0.1, 0.15) is 5.75 Å². The van der Waals surface area contributed by atoms with E-state index in [9.17, 15) is 8.42 Å². The molecule has 0 aliphatic carbocycles. The predicted octanol–water partition coefficient (Wildman–Crippen LogP) is 2.33. The summed E-state index contributed by atoms with van der Waals surface area (Å²) in [6.45, 7) is 0.310. The van der Waals surface area contributed by atoms with Crippen LogP contribution in [0.4, 0.5) is 0 Å². The first-order valence-corrected chi connectivity index (χ1v) is 8.43. The van der Waals surface area contributed by atoms with Gasteiger partial charge in [0.2, 0.25) is 0 Å². The number of methoxy groups -OCH3 is 1. The van der Waals surface area contributed by atoms with E-state index in [0.29, 0.717) is 13.0 Å². The first-order valence-electron chi connectivity index (χ1n) is 5.75. The number of benzene rings is 1. The SMILES string of the molecule is COc1ccc(CCNS(=O)(=O)c2cnc(Cl)s2)cc1. The summed E-state index contributed by atoms with van der Waals surface area (Å²) in [5.74, 6) is 0.772. The minimum Gasteiger partial charge on any atom is -0.497 e. The highest BCUT2D eigenvalue weighted by atomic mass is 35.5. The van der Waals surface area contributed by atoms with Crippen molar-refractivity contribution in [2.45, 2.75) is 10.6 Å². The Bertz CT molecular complexity index is 668. The highest BCUT2D eigenvalue weighted by Gasteiger charge is 2.16. The zero-order chi connectivity index (χ0) is 14.6. The summed E-state index contributed by atoms with van der Waals surface area (Å²) >= 11 is 6.56. The van der Waals surface area contributed by atoms with Crippen molar-refractivity contribution in [1.82, 2.24) is 9.71 Å². The molecular formula is C12H13ClN2O3S2. The van der Waals surface area contributed by atoms with E-state index in [2.05, 4.69) is 9.71 Å². The van der Waals surface area contributed by atoms with Crippen LogP contribution in [-0.2, 0) is 16.4 Å². The van der Waals surface area contributed by atoms with Gasteiger partial charge in [0, 0.05) is 6.54 Å². The van der Waals surface area contributed by atoms with Crippen molar-refractivity contribution >= 4 is 33.0 Å². The molecule has 0 aliphatic heterocycles. The molecule has 0 saturated heterocycles. The summed E-state index contributed by atoms with van der Waals surface area (Å²) in [5, 5.41) is 0. The lowest BCUT2D eigenvalue weighted by Gasteiger charge is -2.05. The molecule has 0 spiro atoms. The molecule has 5 nitrogen and oxygen atoms in total. The summed E-state index contributed by atoms with van der Waals surface area (Å²) in [4.78, 5) is 3.72. The number of hydrogen-bond acceptors (Lipinski definition) is 5. The fourth-order valence-corrected chi connectivity index (χ4v) is 3.93. The molecule has 1 aromatic carbocycles. The van der Waals surface area contributed by atoms with Gasteiger partial charge in [-0.2, -0.15) is 0 Å². The molecule has 1 N–H and O–H groups in total. The summed E-state index contributed by atoms with van der Waals surface area (Å²) in [6, 6.07) is 7.48. The summed E-state index contributed by atoms with van der Waals surface area (Å²) in [6.07, 6.45) is 1.85. The molecule has 20 heavy (non-hydrogen) atoms. The Morgan fingerprint density at radius 1 is 1.35 bits per heavy atom. The predicted molar refractivity (Wildman–Crippen MR) is 79.0 cm³/mol. The van der Waals surface area contributed by atoms with Crippen molar-refractivity contribution in [3.63, 3.8) is 0 Å². The maximum absolute atomic E-state index is 11.9. The molecule has 1 heterocycles. The highest BCUT2D eigenvalue weighted by Crippen LogP contribution is 2.22. The van der Waals surface area contributed by atoms with Crippen LogP contribution in [0.2, 0.25) is 4.47 Å². The number of nitrogens with zero attached hydrogens (tertiary/aromatic N) is 1. The van der Waals surface area contributed by atoms with Gasteiger partial charge in [-0.1, -0.05) is 35.1 Å². The minimum absolute atomic E-state index is 0.122. The fourth-order valence-electron chi connectivity index (χ4n) is 1.56. The Morgan fingerprint density at radius 2 is 2.05 bits per heavy atom. The van der Waals surface area contributed by atoms with Gasteiger partial charge in [0.25, 0.3) is 10.0 Å². The van der Waals surface area contributed by atoms with E-state index in [1.54, 1.807) is 7.11 Å². The number of rotatable bonds is 6. The number of ether oxygens (including phenoxy) is 1. The van der Waals surface area contributed by atoms with Gasteiger partial charge in [-0.3, -0.25) is 0 Å². The Balaban J connectivity index is 1.91. The molecule has 2 rings (SSSR count). The van der Waals surface area contributed by atoms with Crippen LogP contribution in [0.1, 0.15) is 5.56 Å². The highest BCUT2D eigenvalue weighted by molar-refractivity contribution is 7.91. The van der Waals surface area contributed by atoms with Gasteiger partial charge < -0.3 is 4.74 Å². The standard InChI is InChI=1S/C12H13ClN2O3S2/c1-18-10-4-2-9(3-5-10)6-7-15-20(16,17)11-8-14-12(13)19-11/h2-5,8,15H,6-7H2,1H3. The molecule has 0 bridgehead atoms. The van der Waals surface area contributed by atoms with Crippen molar-refractivity contribution in [3.05, 3.63) is 40.5 Å². The number of sulfonamides is 1. The number of thiazole rings is 1. The topological polar surface area (TPSA) is 68.3 Å². The Labute approximate surface area is 126 Å². The number of nitrogens with one attached hydrogen (secondary N) is 1. The van der Waals surface area contributed by atoms with E-state index in [0.717, 1.165) is 22.6 Å². The molecule has 2 aromatic rings. The van der Waals surface area contributed by atoms with Crippen molar-refractivity contribution in [3.8, 4) is 5.75 Å². The molecular weight excluding hydrogens is 320 g/mol. The van der Waals surface area contributed by atoms with E-state index in [-0.39, 0.29) is 8.68 Å². The molecule has 0 unspecified atom stereocenters. The van der Waals surface area contributed by atoms with E-state index in [4.69, 9.17) is 16.3 Å². The summed E-state index contributed by atoms with van der Waals surface area (Å²) < 4.78 is 31.7. The molecule has 0 radical (unpaired) electrons. The maximum atomic E-state index is 11.9. The molecule has 0 fully saturated rings. The average Bonchev–Trinajstić information content (AvgIpc) is 2.87. The van der Waals surface area contributed by atoms with E-state index < -0.39 is 10.0 Å². The van der Waals surface area contributed by atoms with Crippen molar-refractivity contribution in [2.24, 2.45) is 0 Å². The van der Waals surface area contributed by atoms with Gasteiger partial charge in [-0.05, 0) is 24.1 Å². The third-order valence-corrected chi connectivity index (χ3v) is 5.62. The van der Waals surface area contributed by atoms with Crippen molar-refractivity contribution in [1.29, 1.82) is 0 Å². The lowest BCUT2D eigenvalue weighted by Crippen LogP contribution is -2.25. The van der Waals surface area contributed by atoms with Gasteiger partial charge in [0.05, 0.1) is 13.3 Å². The van der Waals surface area contributed by atoms with Gasteiger partial charge >= 0.3 is 0 Å². The zero-order valence-corrected chi connectivity index (χ0v) is 13.1. The van der Waals surface area contributed by atoms with Gasteiger partial charge in [-0.25, -0.2) is 18.1 Å². The number of aromatic nitrogens is 1. The molecule has 108 valence electrons. The molecule has 8 heteroatoms. The fraction of sp³-hybridized carbons (Fsp3) is 0.250. The van der Waals surface area contributed by atoms with Crippen LogP contribution in [0.5, 0.6) is 5.75 Å². The molecule has 1 aromatic heterocycles. The molecule has 0 saturated carbocycles. The Morgan fingerprint density at radius 3 is 2.60 bits per heavy atom. The van der Waals surface area contributed by atoms with Crippen molar-refractivity contribution in [2.75, 3.05) is 13.7 Å². The van der Waals surface area contributed by atoms with Crippen LogP contribution in [0, 0.1) is 0 Å². The van der Waals surface area contributed by atoms with Crippen LogP contribution < -0.4 is 9.46 Å². The first kappa shape index (κ1) is 15.2. The van der Waals surface area contributed by atoms with Crippen LogP contribution in [0.15, 0.2) is 34.7 Å². The maximum Gasteiger partial charge on any atom is 0.251 e. The quantitative estimate of drug-likeness (QED) is 0.881. The monoisotopic (exact) mass is 332 g/mol. The third-order valence-electron chi connectivity index (χ3n) is 2.59. The van der Waals surface area contributed by atoms with Crippen LogP contribution >= 0.6 is 22.9 Å². The minimum atomic E-state index is -3.53. The second kappa shape index (κ2) is 6.53. The lowest BCUT2D eigenvalue weighted by atomic mass is 10.1. The second-order valence-corrected chi connectivity index (χ2v) is 7.53. The average molecular weight is 333 g/mol. The molecule has 0 atom stereocenters. The largest absolute Gasteiger partial charge is 0.497 e. The van der Waals surface area contributed by atoms with E-state index >= 15 is 0 Å². The zero-order valence-electron chi connectivity index (χ0n) is 10.7. The van der Waals surface area contributed by atoms with Crippen LogP contribution in [0.25, 0.3) is 0 Å². The van der Waals surface area contributed by atoms with Crippen LogP contribution in [-0.4, -0.2) is 27.1 Å². The molecule has 0 amide bonds. The van der Waals surface area contributed by atoms with Gasteiger partial charge in [-0.15, -0.1) is 0 Å². The van der Waals surface area contributed by atoms with Gasteiger partial charge in [0.15, 0.2) is 8.68 Å². The second-order valence-electron chi connectivity index (χ2n) is 3.93. The lowest BCUT2D eigenvalue weighted by molar-refractivity contribution is 0.414. The number of hydrogen-bond donors (Lipinski definition) is 1. The van der Waals surface area contributed by atoms with Crippen LogP contribution in [0.3, 0.4) is 0 Å². The number of halogens is 1. The Hall–Kier alpha value is -1.15. The molecule has 0 aliphatic rings. The third kappa shape index (κ3) is 3.92. The summed E-state index contributed by atoms with van der Waals surface area (Å²) in [5.41, 5.74) is 1.02. The van der Waals surface area contributed by atoms with E-state index in [1.807, 2.05) is 24.3 Å². The smallest absolute Gasteiger partial charge is 0.251 e. The first-order chi connectivity index (χ1) is 9.51. The van der Waals surface area contributed by atoms with E-state index in [1.165, 1.54) is 6.20 Å².